The van der Waals surface area contributed by atoms with Crippen molar-refractivity contribution >= 4 is 21.6 Å². The van der Waals surface area contributed by atoms with Gasteiger partial charge in [-0.3, -0.25) is 10.1 Å². The maximum atomic E-state index is 10.9. The van der Waals surface area contributed by atoms with E-state index in [9.17, 15) is 10.1 Å². The second-order valence-electron chi connectivity index (χ2n) is 4.16. The number of nitro benzene ring substituents is 1. The highest BCUT2D eigenvalue weighted by molar-refractivity contribution is 9.10. The van der Waals surface area contributed by atoms with Crippen LogP contribution in [-0.2, 0) is 0 Å². The average Bonchev–Trinajstić information content (AvgIpc) is 2.41. The lowest BCUT2D eigenvalue weighted by Gasteiger charge is -2.09. The minimum Gasteiger partial charge on any atom is -0.438 e. The van der Waals surface area contributed by atoms with Crippen LogP contribution in [0.15, 0.2) is 41.0 Å². The number of nitrogens with two attached hydrogens (primary N) is 1. The monoisotopic (exact) mass is 337 g/mol. The number of pyridine rings is 1. The van der Waals surface area contributed by atoms with Gasteiger partial charge in [-0.1, -0.05) is 6.07 Å². The smallest absolute Gasteiger partial charge is 0.287 e. The van der Waals surface area contributed by atoms with Crippen molar-refractivity contribution in [2.75, 3.05) is 0 Å². The van der Waals surface area contributed by atoms with E-state index in [4.69, 9.17) is 10.5 Å². The molecule has 7 heteroatoms. The van der Waals surface area contributed by atoms with Crippen molar-refractivity contribution in [1.29, 1.82) is 0 Å². The number of aromatic nitrogens is 1. The van der Waals surface area contributed by atoms with Crippen molar-refractivity contribution in [3.8, 4) is 11.6 Å². The summed E-state index contributed by atoms with van der Waals surface area (Å²) in [5, 5.41) is 10.9. The minimum absolute atomic E-state index is 0.0640. The van der Waals surface area contributed by atoms with Crippen molar-refractivity contribution in [2.24, 2.45) is 5.73 Å². The van der Waals surface area contributed by atoms with Gasteiger partial charge in [0.2, 0.25) is 5.88 Å². The number of rotatable bonds is 4. The molecule has 0 aliphatic rings. The molecule has 0 saturated carbocycles. The Bertz CT molecular complexity index is 647. The third-order valence-electron chi connectivity index (χ3n) is 2.64. The van der Waals surface area contributed by atoms with Crippen LogP contribution in [0.25, 0.3) is 0 Å². The molecule has 0 aliphatic carbocycles. The number of halogens is 1. The van der Waals surface area contributed by atoms with E-state index in [2.05, 4.69) is 20.9 Å². The highest BCUT2D eigenvalue weighted by Gasteiger charge is 2.16. The standard InChI is InChI=1S/C13H12BrN3O3/c1-8(15)9-5-6-16-12(7-9)20-11-4-2-3-10(13(11)14)17(18)19/h2-8H,15H2,1H3. The van der Waals surface area contributed by atoms with Gasteiger partial charge in [-0.25, -0.2) is 4.98 Å². The van der Waals surface area contributed by atoms with Gasteiger partial charge in [-0.2, -0.15) is 0 Å². The van der Waals surface area contributed by atoms with Crippen LogP contribution >= 0.6 is 15.9 Å². The van der Waals surface area contributed by atoms with Gasteiger partial charge in [0.25, 0.3) is 5.69 Å². The molecule has 2 rings (SSSR count). The molecule has 2 aromatic rings. The van der Waals surface area contributed by atoms with Crippen LogP contribution in [0, 0.1) is 10.1 Å². The van der Waals surface area contributed by atoms with Gasteiger partial charge >= 0.3 is 0 Å². The molecular weight excluding hydrogens is 326 g/mol. The summed E-state index contributed by atoms with van der Waals surface area (Å²) in [6, 6.07) is 7.91. The molecule has 1 heterocycles. The number of nitrogens with zero attached hydrogens (tertiary/aromatic N) is 2. The molecule has 0 saturated heterocycles. The average molecular weight is 338 g/mol. The van der Waals surface area contributed by atoms with Crippen molar-refractivity contribution in [1.82, 2.24) is 4.98 Å². The van der Waals surface area contributed by atoms with E-state index in [0.717, 1.165) is 5.56 Å². The number of hydrogen-bond donors (Lipinski definition) is 1. The zero-order valence-electron chi connectivity index (χ0n) is 10.6. The summed E-state index contributed by atoms with van der Waals surface area (Å²) in [5.74, 6) is 0.662. The van der Waals surface area contributed by atoms with E-state index in [1.165, 1.54) is 6.07 Å². The van der Waals surface area contributed by atoms with Gasteiger partial charge in [0.15, 0.2) is 5.75 Å². The lowest BCUT2D eigenvalue weighted by Crippen LogP contribution is -2.05. The second-order valence-corrected chi connectivity index (χ2v) is 4.96. The first-order chi connectivity index (χ1) is 9.49. The zero-order chi connectivity index (χ0) is 14.7. The summed E-state index contributed by atoms with van der Waals surface area (Å²) in [5.41, 5.74) is 6.60. The number of benzene rings is 1. The van der Waals surface area contributed by atoms with Crippen LogP contribution in [0.2, 0.25) is 0 Å². The molecule has 104 valence electrons. The fourth-order valence-corrected chi connectivity index (χ4v) is 2.09. The van der Waals surface area contributed by atoms with Gasteiger partial charge in [-0.05, 0) is 40.5 Å². The molecular formula is C13H12BrN3O3. The first kappa shape index (κ1) is 14.4. The van der Waals surface area contributed by atoms with E-state index < -0.39 is 4.92 Å². The molecule has 0 amide bonds. The highest BCUT2D eigenvalue weighted by Crippen LogP contribution is 2.36. The van der Waals surface area contributed by atoms with Gasteiger partial charge in [0, 0.05) is 24.4 Å². The van der Waals surface area contributed by atoms with E-state index in [0.29, 0.717) is 11.6 Å². The van der Waals surface area contributed by atoms with Crippen LogP contribution in [0.1, 0.15) is 18.5 Å². The van der Waals surface area contributed by atoms with Gasteiger partial charge in [0.1, 0.15) is 4.47 Å². The lowest BCUT2D eigenvalue weighted by atomic mass is 10.1. The van der Waals surface area contributed by atoms with E-state index >= 15 is 0 Å². The molecule has 1 aromatic heterocycles. The Hall–Kier alpha value is -1.99. The Morgan fingerprint density at radius 1 is 1.45 bits per heavy atom. The quantitative estimate of drug-likeness (QED) is 0.680. The summed E-state index contributed by atoms with van der Waals surface area (Å²) in [6.07, 6.45) is 1.58. The molecule has 1 atom stereocenters. The summed E-state index contributed by atoms with van der Waals surface area (Å²) < 4.78 is 5.85. The second kappa shape index (κ2) is 5.98. The Balaban J connectivity index is 2.33. The minimum atomic E-state index is -0.483. The first-order valence-electron chi connectivity index (χ1n) is 5.81. The summed E-state index contributed by atoms with van der Waals surface area (Å²) in [4.78, 5) is 14.4. The Kier molecular flexibility index (Phi) is 4.31. The van der Waals surface area contributed by atoms with Gasteiger partial charge in [-0.15, -0.1) is 0 Å². The van der Waals surface area contributed by atoms with Crippen LogP contribution < -0.4 is 10.5 Å². The maximum Gasteiger partial charge on any atom is 0.287 e. The molecule has 0 aliphatic heterocycles. The number of hydrogen-bond acceptors (Lipinski definition) is 5. The fourth-order valence-electron chi connectivity index (χ4n) is 1.60. The van der Waals surface area contributed by atoms with Crippen LogP contribution in [-0.4, -0.2) is 9.91 Å². The molecule has 2 N–H and O–H groups in total. The summed E-state index contributed by atoms with van der Waals surface area (Å²) in [7, 11) is 0. The largest absolute Gasteiger partial charge is 0.438 e. The van der Waals surface area contributed by atoms with Crippen molar-refractivity contribution in [3.63, 3.8) is 0 Å². The molecule has 1 aromatic carbocycles. The van der Waals surface area contributed by atoms with Crippen LogP contribution in [0.4, 0.5) is 5.69 Å². The third-order valence-corrected chi connectivity index (χ3v) is 3.44. The molecule has 6 nitrogen and oxygen atoms in total. The first-order valence-corrected chi connectivity index (χ1v) is 6.60. The van der Waals surface area contributed by atoms with Crippen molar-refractivity contribution < 1.29 is 9.66 Å². The van der Waals surface area contributed by atoms with Crippen LogP contribution in [0.3, 0.4) is 0 Å². The van der Waals surface area contributed by atoms with E-state index in [-0.39, 0.29) is 16.2 Å². The molecule has 0 spiro atoms. The van der Waals surface area contributed by atoms with Gasteiger partial charge < -0.3 is 10.5 Å². The molecule has 0 radical (unpaired) electrons. The van der Waals surface area contributed by atoms with Crippen molar-refractivity contribution in [3.05, 3.63) is 56.7 Å². The Labute approximate surface area is 123 Å². The summed E-state index contributed by atoms with van der Waals surface area (Å²) in [6.45, 7) is 1.85. The lowest BCUT2D eigenvalue weighted by molar-refractivity contribution is -0.385. The summed E-state index contributed by atoms with van der Waals surface area (Å²) >= 11 is 3.17. The molecule has 0 fully saturated rings. The predicted molar refractivity (Wildman–Crippen MR) is 77.7 cm³/mol. The van der Waals surface area contributed by atoms with E-state index in [1.54, 1.807) is 30.5 Å². The maximum absolute atomic E-state index is 10.9. The highest BCUT2D eigenvalue weighted by atomic mass is 79.9. The fraction of sp³-hybridized carbons (Fsp3) is 0.154. The number of ether oxygens (including phenoxy) is 1. The van der Waals surface area contributed by atoms with Gasteiger partial charge in [0.05, 0.1) is 4.92 Å². The third kappa shape index (κ3) is 3.12. The predicted octanol–water partition coefficient (Wildman–Crippen LogP) is 3.56. The van der Waals surface area contributed by atoms with Crippen LogP contribution in [0.5, 0.6) is 11.6 Å². The molecule has 1 unspecified atom stereocenters. The molecule has 0 bridgehead atoms. The normalized spacial score (nSPS) is 11.9. The molecule has 20 heavy (non-hydrogen) atoms. The Morgan fingerprint density at radius 3 is 2.85 bits per heavy atom. The van der Waals surface area contributed by atoms with Crippen molar-refractivity contribution in [2.45, 2.75) is 13.0 Å². The topological polar surface area (TPSA) is 91.3 Å². The van der Waals surface area contributed by atoms with E-state index in [1.807, 2.05) is 6.92 Å². The SMILES string of the molecule is CC(N)c1ccnc(Oc2cccc([N+](=O)[O-])c2Br)c1. The Morgan fingerprint density at radius 2 is 2.20 bits per heavy atom. The zero-order valence-corrected chi connectivity index (χ0v) is 12.2. The number of nitro groups is 1.